The Bertz CT molecular complexity index is 452. The second kappa shape index (κ2) is 73.9. The van der Waals surface area contributed by atoms with Gasteiger partial charge < -0.3 is 153 Å². The maximum atomic E-state index is 3.89. The van der Waals surface area contributed by atoms with E-state index in [1.54, 1.807) is 34.0 Å². The van der Waals surface area contributed by atoms with Crippen molar-refractivity contribution in [2.75, 3.05) is 34.5 Å². The molecule has 0 aromatic carbocycles. The van der Waals surface area contributed by atoms with Gasteiger partial charge in [0.25, 0.3) is 0 Å². The van der Waals surface area contributed by atoms with Gasteiger partial charge in [-0.25, -0.2) is 10.5 Å². The van der Waals surface area contributed by atoms with Crippen LogP contribution in [0.5, 0.6) is 0 Å². The molecular weight excluding hydrogens is 3540 g/mol. The van der Waals surface area contributed by atoms with Gasteiger partial charge >= 0.3 is 0 Å². The van der Waals surface area contributed by atoms with Gasteiger partial charge in [0, 0.05) is 365 Å². The van der Waals surface area contributed by atoms with Crippen LogP contribution in [0.15, 0.2) is 0 Å². The van der Waals surface area contributed by atoms with Gasteiger partial charge in [0.1, 0.15) is 0 Å². The van der Waals surface area contributed by atoms with E-state index in [4.69, 9.17) is 0 Å². The van der Waals surface area contributed by atoms with Crippen LogP contribution < -0.4 is 0 Å². The summed E-state index contributed by atoms with van der Waals surface area (Å²) in [7, 11) is 0. The monoisotopic (exact) mass is 3580 g/mol. The van der Waals surface area contributed by atoms with Crippen molar-refractivity contribution in [3.05, 3.63) is 81.9 Å². The average Bonchev–Trinajstić information content (AvgIpc) is 2.90. The number of rotatable bonds is 9. The molecule has 23 heteroatoms. The SMILES string of the molecule is [CH2-]C[C-]1CS[C-](C[CH2-])CS1.[CH2-]C[C-]1S[C-](C[CH2-])S[C-](C[CH2-])S1.[CH2-]SC[C-]1CS[C-](CS[CH2-])CS1.[U].[U].[U].[U].[U].[U].[U].[W].[W].[W].[W].[W].[W].[W]. The molecule has 48 heavy (non-hydrogen) atoms. The summed E-state index contributed by atoms with van der Waals surface area (Å²) < 4.78 is 4.14. The summed E-state index contributed by atoms with van der Waals surface area (Å²) in [4.78, 5) is 0. The van der Waals surface area contributed by atoms with Crippen molar-refractivity contribution >= 4 is 106 Å². The third kappa shape index (κ3) is 55.7. The largest absolute Gasteiger partial charge is 0.525 e. The zero-order valence-electron chi connectivity index (χ0n) is 26.3. The molecule has 0 bridgehead atoms. The Morgan fingerprint density at radius 3 is 0.729 bits per heavy atom. The zero-order valence-corrected chi connectivity index (χ0v) is 83.3. The van der Waals surface area contributed by atoms with E-state index in [0.29, 0.717) is 0 Å². The zero-order chi connectivity index (χ0) is 25.2. The molecule has 0 radical (unpaired) electrons. The van der Waals surface area contributed by atoms with Crippen LogP contribution >= 0.6 is 106 Å². The fraction of sp³-hybridized carbons (Fsp3) is 0.440. The summed E-state index contributed by atoms with van der Waals surface area (Å²) in [6, 6.07) is 0. The molecule has 3 fully saturated rings. The van der Waals surface area contributed by atoms with Gasteiger partial charge in [-0.3, -0.25) is 56.0 Å². The first-order valence-electron chi connectivity index (χ1n) is 10.7. The molecular formula is C25H36S9U7W7-14. The topological polar surface area (TPSA) is 0 Å². The van der Waals surface area contributed by atoms with E-state index < -0.39 is 0 Å². The predicted molar refractivity (Wildman–Crippen MR) is 181 cm³/mol. The van der Waals surface area contributed by atoms with Gasteiger partial charge in [-0.2, -0.15) is 34.5 Å². The minimum Gasteiger partial charge on any atom is -0.525 e. The Balaban J connectivity index is -0.0000000263. The van der Waals surface area contributed by atoms with Crippen molar-refractivity contribution in [2.24, 2.45) is 0 Å². The summed E-state index contributed by atoms with van der Waals surface area (Å²) in [5, 5.41) is 6.22. The molecule has 0 aromatic rings. The maximum Gasteiger partial charge on any atom is 0 e. The molecule has 3 saturated heterocycles. The van der Waals surface area contributed by atoms with Gasteiger partial charge in [0.15, 0.2) is 0 Å². The summed E-state index contributed by atoms with van der Waals surface area (Å²) in [5.41, 5.74) is 0. The summed E-state index contributed by atoms with van der Waals surface area (Å²) in [6.07, 6.45) is 12.2. The summed E-state index contributed by atoms with van der Waals surface area (Å²) >= 11 is 16.7. The fourth-order valence-electron chi connectivity index (χ4n) is 2.33. The van der Waals surface area contributed by atoms with Crippen LogP contribution in [0.4, 0.5) is 0 Å². The fourth-order valence-corrected chi connectivity index (χ4v) is 12.9. The predicted octanol–water partition coefficient (Wildman–Crippen LogP) is 10.9. The third-order valence-corrected chi connectivity index (χ3v) is 15.3. The van der Waals surface area contributed by atoms with Crippen LogP contribution in [0.1, 0.15) is 32.1 Å². The van der Waals surface area contributed by atoms with Crippen molar-refractivity contribution < 1.29 is 365 Å². The van der Waals surface area contributed by atoms with E-state index in [0.717, 1.165) is 43.6 Å². The molecule has 3 rings (SSSR count). The van der Waals surface area contributed by atoms with Gasteiger partial charge in [0.2, 0.25) is 0 Å². The molecule has 0 amide bonds. The van der Waals surface area contributed by atoms with Crippen molar-refractivity contribution in [3.8, 4) is 0 Å². The normalized spacial score (nSPS) is 16.1. The molecule has 0 atom stereocenters. The first kappa shape index (κ1) is 101. The third-order valence-electron chi connectivity index (χ3n) is 4.13. The Morgan fingerprint density at radius 1 is 0.375 bits per heavy atom. The van der Waals surface area contributed by atoms with Crippen molar-refractivity contribution in [1.29, 1.82) is 0 Å². The minimum atomic E-state index is 0. The van der Waals surface area contributed by atoms with Crippen LogP contribution in [-0.4, -0.2) is 34.5 Å². The molecule has 3 aliphatic heterocycles. The molecule has 0 saturated carbocycles. The molecule has 0 aromatic heterocycles. The molecule has 0 spiro atoms. The Labute approximate surface area is 603 Å². The van der Waals surface area contributed by atoms with Gasteiger partial charge in [-0.1, -0.05) is 0 Å². The molecule has 0 N–H and O–H groups in total. The average molecular weight is 3580 g/mol. The van der Waals surface area contributed by atoms with Crippen LogP contribution in [0.2, 0.25) is 0 Å². The van der Waals surface area contributed by atoms with E-state index in [2.05, 4.69) is 47.1 Å². The second-order valence-electron chi connectivity index (χ2n) is 6.68. The number of thioether (sulfide) groups is 9. The molecule has 3 aliphatic rings. The summed E-state index contributed by atoms with van der Waals surface area (Å²) in [6.45, 7) is 19.4. The number of hydrogen-bond acceptors (Lipinski definition) is 9. The second-order valence-corrected chi connectivity index (χ2v) is 17.0. The molecule has 3 heterocycles. The summed E-state index contributed by atoms with van der Waals surface area (Å²) in [5.74, 6) is 6.93. The van der Waals surface area contributed by atoms with Crippen molar-refractivity contribution in [1.82, 2.24) is 0 Å². The van der Waals surface area contributed by atoms with Gasteiger partial charge in [-0.15, -0.1) is 0 Å². The molecule has 0 aliphatic carbocycles. The smallest absolute Gasteiger partial charge is 0 e. The standard InChI is InChI=1S/C9H12S3.C8H12S4.C8H12S2.7U.7W/c1-4-7-10-8(5-2)12-9(6-3)11-7;1-9-3-7-5-12-8(4-10-2)6-11-7;1-3-7-5-10-8(4-2)6-9-7;;;;;;;;;;;;;;/h2*1-6H2;1-6H2;;;;;;;;;;;;;;/q-6;2*-4;;;;;;;;;;;;;;. The van der Waals surface area contributed by atoms with Crippen molar-refractivity contribution in [2.45, 2.75) is 32.1 Å². The van der Waals surface area contributed by atoms with Gasteiger partial charge in [-0.05, 0) is 0 Å². The minimum absolute atomic E-state index is 0. The van der Waals surface area contributed by atoms with Crippen molar-refractivity contribution in [3.63, 3.8) is 0 Å². The quantitative estimate of drug-likeness (QED) is 0.205. The molecule has 0 unspecified atom stereocenters. The van der Waals surface area contributed by atoms with Crippen LogP contribution in [-0.2, 0) is 147 Å². The molecule has 0 nitrogen and oxygen atoms in total. The Morgan fingerprint density at radius 2 is 0.583 bits per heavy atom. The van der Waals surface area contributed by atoms with Crippen LogP contribution in [0, 0.1) is 300 Å². The van der Waals surface area contributed by atoms with E-state index in [-0.39, 0.29) is 365 Å². The Hall–Kier alpha value is 15.3. The number of hydrogen-bond donors (Lipinski definition) is 0. The van der Waals surface area contributed by atoms with E-state index in [1.807, 2.05) is 82.3 Å². The van der Waals surface area contributed by atoms with E-state index >= 15 is 0 Å². The van der Waals surface area contributed by atoms with Crippen LogP contribution in [0.3, 0.4) is 0 Å². The van der Waals surface area contributed by atoms with Crippen LogP contribution in [0.25, 0.3) is 0 Å². The molecule has 274 valence electrons. The van der Waals surface area contributed by atoms with E-state index in [9.17, 15) is 0 Å². The maximum absolute atomic E-state index is 3.89. The Kier molecular flexibility index (Phi) is 156. The first-order valence-corrected chi connectivity index (χ1v) is 19.4. The first-order chi connectivity index (χ1) is 16.5. The van der Waals surface area contributed by atoms with Gasteiger partial charge in [0.05, 0.1) is 0 Å². The van der Waals surface area contributed by atoms with E-state index in [1.165, 1.54) is 47.3 Å².